The zero-order valence-electron chi connectivity index (χ0n) is 21.9. The number of ether oxygens (including phenoxy) is 2. The van der Waals surface area contributed by atoms with Crippen LogP contribution in [0.4, 0.5) is 5.69 Å². The Labute approximate surface area is 214 Å². The van der Waals surface area contributed by atoms with E-state index in [1.54, 1.807) is 19.1 Å². The van der Waals surface area contributed by atoms with E-state index in [-0.39, 0.29) is 29.9 Å². The monoisotopic (exact) mass is 519 g/mol. The van der Waals surface area contributed by atoms with Crippen LogP contribution < -0.4 is 19.1 Å². The van der Waals surface area contributed by atoms with Gasteiger partial charge in [0, 0.05) is 18.7 Å². The molecule has 0 aromatic heterocycles. The number of sulfonamides is 1. The van der Waals surface area contributed by atoms with Gasteiger partial charge in [-0.25, -0.2) is 8.42 Å². The van der Waals surface area contributed by atoms with Gasteiger partial charge in [-0.2, -0.15) is 0 Å². The molecule has 2 aromatic rings. The first kappa shape index (κ1) is 29.0. The molecule has 0 unspecified atom stereocenters. The maximum absolute atomic E-state index is 13.6. The summed E-state index contributed by atoms with van der Waals surface area (Å²) in [6.45, 7) is 5.26. The third-order valence-corrected chi connectivity index (χ3v) is 7.11. The van der Waals surface area contributed by atoms with E-state index in [2.05, 4.69) is 5.32 Å². The molecule has 36 heavy (non-hydrogen) atoms. The lowest BCUT2D eigenvalue weighted by Gasteiger charge is -2.32. The number of hydrogen-bond donors (Lipinski definition) is 1. The first-order valence-corrected chi connectivity index (χ1v) is 13.7. The van der Waals surface area contributed by atoms with Crippen LogP contribution in [0.25, 0.3) is 0 Å². The lowest BCUT2D eigenvalue weighted by atomic mass is 10.1. The van der Waals surface area contributed by atoms with E-state index in [1.165, 1.54) is 25.2 Å². The first-order valence-electron chi connectivity index (χ1n) is 11.8. The highest BCUT2D eigenvalue weighted by Crippen LogP contribution is 2.33. The van der Waals surface area contributed by atoms with Gasteiger partial charge in [0.15, 0.2) is 0 Å². The van der Waals surface area contributed by atoms with Crippen molar-refractivity contribution in [3.8, 4) is 11.5 Å². The molecule has 198 valence electrons. The fraction of sp³-hybridized carbons (Fsp3) is 0.462. The maximum Gasteiger partial charge on any atom is 0.244 e. The van der Waals surface area contributed by atoms with Crippen molar-refractivity contribution in [2.24, 2.45) is 0 Å². The minimum Gasteiger partial charge on any atom is -0.497 e. The second-order valence-electron chi connectivity index (χ2n) is 8.62. The van der Waals surface area contributed by atoms with Crippen LogP contribution >= 0.6 is 0 Å². The van der Waals surface area contributed by atoms with Crippen LogP contribution in [0.3, 0.4) is 0 Å². The molecule has 0 radical (unpaired) electrons. The van der Waals surface area contributed by atoms with Gasteiger partial charge in [0.1, 0.15) is 24.1 Å². The van der Waals surface area contributed by atoms with Crippen LogP contribution in [0.15, 0.2) is 48.5 Å². The number of anilines is 1. The highest BCUT2D eigenvalue weighted by molar-refractivity contribution is 7.92. The molecule has 0 aliphatic heterocycles. The maximum atomic E-state index is 13.6. The number of amides is 2. The topological polar surface area (TPSA) is 105 Å². The first-order chi connectivity index (χ1) is 17.0. The molecule has 0 heterocycles. The molecule has 0 spiro atoms. The van der Waals surface area contributed by atoms with E-state index in [1.807, 2.05) is 44.2 Å². The van der Waals surface area contributed by atoms with Crippen molar-refractivity contribution in [3.63, 3.8) is 0 Å². The van der Waals surface area contributed by atoms with Gasteiger partial charge in [0.05, 0.1) is 26.2 Å². The van der Waals surface area contributed by atoms with E-state index in [9.17, 15) is 18.0 Å². The Morgan fingerprint density at radius 3 is 2.25 bits per heavy atom. The van der Waals surface area contributed by atoms with Crippen molar-refractivity contribution in [1.29, 1.82) is 0 Å². The fourth-order valence-electron chi connectivity index (χ4n) is 3.62. The van der Waals surface area contributed by atoms with E-state index in [4.69, 9.17) is 9.47 Å². The van der Waals surface area contributed by atoms with Gasteiger partial charge in [-0.15, -0.1) is 0 Å². The molecular formula is C26H37N3O6S. The molecule has 0 saturated carbocycles. The van der Waals surface area contributed by atoms with Crippen molar-refractivity contribution in [3.05, 3.63) is 54.1 Å². The molecule has 1 N–H and O–H groups in total. The lowest BCUT2D eigenvalue weighted by molar-refractivity contribution is -0.139. The summed E-state index contributed by atoms with van der Waals surface area (Å²) in [4.78, 5) is 27.9. The van der Waals surface area contributed by atoms with E-state index in [0.717, 1.165) is 22.5 Å². The average Bonchev–Trinajstić information content (AvgIpc) is 2.86. The van der Waals surface area contributed by atoms with Crippen molar-refractivity contribution in [2.45, 2.75) is 45.7 Å². The van der Waals surface area contributed by atoms with Gasteiger partial charge in [-0.05, 0) is 44.4 Å². The van der Waals surface area contributed by atoms with E-state index >= 15 is 0 Å². The van der Waals surface area contributed by atoms with Gasteiger partial charge in [-0.3, -0.25) is 13.9 Å². The number of rotatable bonds is 13. The zero-order chi connectivity index (χ0) is 26.9. The number of methoxy groups -OCH3 is 2. The molecule has 9 nitrogen and oxygen atoms in total. The Morgan fingerprint density at radius 1 is 1.03 bits per heavy atom. The molecule has 0 bridgehead atoms. The van der Waals surface area contributed by atoms with Crippen LogP contribution in [0.5, 0.6) is 11.5 Å². The highest BCUT2D eigenvalue weighted by Gasteiger charge is 2.31. The van der Waals surface area contributed by atoms with Crippen molar-refractivity contribution >= 4 is 27.5 Å². The lowest BCUT2D eigenvalue weighted by Crippen LogP contribution is -2.53. The van der Waals surface area contributed by atoms with Gasteiger partial charge < -0.3 is 19.7 Å². The van der Waals surface area contributed by atoms with Gasteiger partial charge in [0.2, 0.25) is 21.8 Å². The largest absolute Gasteiger partial charge is 0.497 e. The smallest absolute Gasteiger partial charge is 0.244 e. The number of nitrogens with zero attached hydrogens (tertiary/aromatic N) is 2. The third kappa shape index (κ3) is 7.87. The number of nitrogens with one attached hydrogen (secondary N) is 1. The second kappa shape index (κ2) is 13.2. The van der Waals surface area contributed by atoms with Crippen LogP contribution in [-0.4, -0.2) is 70.8 Å². The fourth-order valence-corrected chi connectivity index (χ4v) is 4.47. The summed E-state index contributed by atoms with van der Waals surface area (Å²) in [6, 6.07) is 13.4. The summed E-state index contributed by atoms with van der Waals surface area (Å²) in [7, 11) is -0.971. The molecule has 0 aliphatic carbocycles. The van der Waals surface area contributed by atoms with Gasteiger partial charge >= 0.3 is 0 Å². The third-order valence-electron chi connectivity index (χ3n) is 5.99. The Kier molecular flexibility index (Phi) is 10.6. The standard InChI is InChI=1S/C26H37N3O6S/c1-7-19(2)27-26(31)20(3)28(16-15-21-11-9-8-10-12-21)25(30)18-29(36(6,32)33)23-14-13-22(34-4)17-24(23)35-5/h8-14,17,19-20H,7,15-16,18H2,1-6H3,(H,27,31)/t19-,20-/m0/s1. The molecule has 0 saturated heterocycles. The molecule has 2 amide bonds. The van der Waals surface area contributed by atoms with Crippen LogP contribution in [0, 0.1) is 0 Å². The Hall–Kier alpha value is -3.27. The number of carbonyl (C=O) groups is 2. The molecule has 10 heteroatoms. The quantitative estimate of drug-likeness (QED) is 0.436. The number of benzene rings is 2. The molecule has 0 aliphatic rings. The van der Waals surface area contributed by atoms with E-state index in [0.29, 0.717) is 12.2 Å². The number of hydrogen-bond acceptors (Lipinski definition) is 6. The van der Waals surface area contributed by atoms with Crippen LogP contribution in [0.2, 0.25) is 0 Å². The molecule has 2 rings (SSSR count). The summed E-state index contributed by atoms with van der Waals surface area (Å²) < 4.78 is 37.1. The van der Waals surface area contributed by atoms with Crippen LogP contribution in [0.1, 0.15) is 32.8 Å². The minimum atomic E-state index is -3.87. The normalized spacial score (nSPS) is 12.8. The average molecular weight is 520 g/mol. The molecular weight excluding hydrogens is 482 g/mol. The summed E-state index contributed by atoms with van der Waals surface area (Å²) in [6.07, 6.45) is 2.28. The second-order valence-corrected chi connectivity index (χ2v) is 10.5. The predicted molar refractivity (Wildman–Crippen MR) is 141 cm³/mol. The molecule has 2 atom stereocenters. The van der Waals surface area contributed by atoms with Crippen molar-refractivity contribution in [2.75, 3.05) is 37.9 Å². The summed E-state index contributed by atoms with van der Waals surface area (Å²) in [5.74, 6) is -0.0686. The van der Waals surface area contributed by atoms with Crippen molar-refractivity contribution < 1.29 is 27.5 Å². The number of carbonyl (C=O) groups excluding carboxylic acids is 2. The Balaban J connectivity index is 2.38. The highest BCUT2D eigenvalue weighted by atomic mass is 32.2. The minimum absolute atomic E-state index is 0.0536. The summed E-state index contributed by atoms with van der Waals surface area (Å²) in [5.41, 5.74) is 1.20. The van der Waals surface area contributed by atoms with Crippen LogP contribution in [-0.2, 0) is 26.0 Å². The Bertz CT molecular complexity index is 1120. The predicted octanol–water partition coefficient (Wildman–Crippen LogP) is 2.84. The van der Waals surface area contributed by atoms with Crippen molar-refractivity contribution in [1.82, 2.24) is 10.2 Å². The van der Waals surface area contributed by atoms with Gasteiger partial charge in [0.25, 0.3) is 0 Å². The molecule has 2 aromatic carbocycles. The summed E-state index contributed by atoms with van der Waals surface area (Å²) in [5, 5.41) is 2.91. The van der Waals surface area contributed by atoms with E-state index < -0.39 is 28.5 Å². The van der Waals surface area contributed by atoms with Gasteiger partial charge in [-0.1, -0.05) is 37.3 Å². The summed E-state index contributed by atoms with van der Waals surface area (Å²) >= 11 is 0. The zero-order valence-corrected chi connectivity index (χ0v) is 22.7. The molecule has 0 fully saturated rings. The SMILES string of the molecule is CC[C@H](C)NC(=O)[C@H](C)N(CCc1ccccc1)C(=O)CN(c1ccc(OC)cc1OC)S(C)(=O)=O. The Morgan fingerprint density at radius 2 is 1.69 bits per heavy atom.